The summed E-state index contributed by atoms with van der Waals surface area (Å²) < 4.78 is 30.2. The molecule has 0 spiro atoms. The van der Waals surface area contributed by atoms with Crippen LogP contribution in [0.1, 0.15) is 21.5 Å². The van der Waals surface area contributed by atoms with Gasteiger partial charge in [-0.2, -0.15) is 13.5 Å². The van der Waals surface area contributed by atoms with Gasteiger partial charge in [0.05, 0.1) is 11.4 Å². The molecule has 1 heterocycles. The average Bonchev–Trinajstić information content (AvgIpc) is 3.10. The van der Waals surface area contributed by atoms with Crippen molar-refractivity contribution in [2.45, 2.75) is 25.6 Å². The molecule has 0 saturated heterocycles. The van der Waals surface area contributed by atoms with Gasteiger partial charge in [0.2, 0.25) is 5.16 Å². The van der Waals surface area contributed by atoms with Gasteiger partial charge in [0.1, 0.15) is 5.75 Å². The third-order valence-electron chi connectivity index (χ3n) is 3.91. The van der Waals surface area contributed by atoms with Crippen LogP contribution in [0.25, 0.3) is 5.69 Å². The summed E-state index contributed by atoms with van der Waals surface area (Å²) in [6.07, 6.45) is 0. The predicted octanol–water partition coefficient (Wildman–Crippen LogP) is 3.86. The second kappa shape index (κ2) is 8.26. The number of benzene rings is 2. The lowest BCUT2D eigenvalue weighted by molar-refractivity contribution is -0.0498. The molecular formula is C18H16F2N4O2S. The number of ether oxygens (including phenoxy) is 1. The van der Waals surface area contributed by atoms with Gasteiger partial charge in [-0.15, -0.1) is 5.10 Å². The second-order valence-electron chi connectivity index (χ2n) is 5.76. The lowest BCUT2D eigenvalue weighted by atomic mass is 10.1. The maximum atomic E-state index is 12.3. The Hall–Kier alpha value is -2.81. The zero-order valence-electron chi connectivity index (χ0n) is 14.6. The molecule has 9 heteroatoms. The Bertz CT molecular complexity index is 945. The monoisotopic (exact) mass is 390 g/mol. The van der Waals surface area contributed by atoms with Gasteiger partial charge in [-0.25, -0.2) is 0 Å². The number of hydrogen-bond donors (Lipinski definition) is 0. The van der Waals surface area contributed by atoms with Crippen molar-refractivity contribution in [2.75, 3.05) is 5.75 Å². The summed E-state index contributed by atoms with van der Waals surface area (Å²) >= 11 is 1.20. The van der Waals surface area contributed by atoms with Crippen LogP contribution in [-0.2, 0) is 0 Å². The minimum absolute atomic E-state index is 0.00730. The number of aromatic nitrogens is 4. The lowest BCUT2D eigenvalue weighted by Crippen LogP contribution is -2.06. The molecule has 3 rings (SSSR count). The third kappa shape index (κ3) is 4.68. The van der Waals surface area contributed by atoms with Crippen LogP contribution in [-0.4, -0.2) is 38.4 Å². The maximum absolute atomic E-state index is 12.3. The molecule has 3 aromatic rings. The van der Waals surface area contributed by atoms with Crippen molar-refractivity contribution in [1.82, 2.24) is 20.2 Å². The van der Waals surface area contributed by atoms with Crippen LogP contribution in [0.5, 0.6) is 5.75 Å². The van der Waals surface area contributed by atoms with E-state index in [9.17, 15) is 13.6 Å². The molecular weight excluding hydrogens is 374 g/mol. The Labute approximate surface area is 158 Å². The summed E-state index contributed by atoms with van der Waals surface area (Å²) in [6.45, 7) is 1.12. The number of nitrogens with zero attached hydrogens (tertiary/aromatic N) is 4. The molecule has 1 aromatic heterocycles. The van der Waals surface area contributed by atoms with Crippen LogP contribution in [0.2, 0.25) is 0 Å². The number of halogens is 2. The zero-order chi connectivity index (χ0) is 19.4. The lowest BCUT2D eigenvalue weighted by Gasteiger charge is -2.07. The number of aryl methyl sites for hydroxylation is 2. The van der Waals surface area contributed by atoms with E-state index < -0.39 is 6.61 Å². The van der Waals surface area contributed by atoms with Crippen molar-refractivity contribution in [2.24, 2.45) is 0 Å². The number of carbonyl (C=O) groups is 1. The molecule has 0 unspecified atom stereocenters. The topological polar surface area (TPSA) is 69.9 Å². The van der Waals surface area contributed by atoms with E-state index in [-0.39, 0.29) is 17.3 Å². The Morgan fingerprint density at radius 1 is 1.15 bits per heavy atom. The fraction of sp³-hybridized carbons (Fsp3) is 0.222. The van der Waals surface area contributed by atoms with Gasteiger partial charge in [-0.3, -0.25) is 4.79 Å². The van der Waals surface area contributed by atoms with Crippen LogP contribution >= 0.6 is 11.8 Å². The summed E-state index contributed by atoms with van der Waals surface area (Å²) in [6, 6.07) is 11.4. The first-order valence-corrected chi connectivity index (χ1v) is 8.99. The number of ketones is 1. The van der Waals surface area contributed by atoms with Crippen molar-refractivity contribution < 1.29 is 18.3 Å². The molecule has 0 radical (unpaired) electrons. The normalized spacial score (nSPS) is 11.0. The molecule has 0 aliphatic carbocycles. The van der Waals surface area contributed by atoms with Crippen LogP contribution in [0.3, 0.4) is 0 Å². The van der Waals surface area contributed by atoms with Crippen molar-refractivity contribution in [3.05, 3.63) is 59.2 Å². The van der Waals surface area contributed by atoms with Crippen molar-refractivity contribution >= 4 is 17.5 Å². The number of alkyl halides is 2. The highest BCUT2D eigenvalue weighted by Gasteiger charge is 2.14. The zero-order valence-corrected chi connectivity index (χ0v) is 15.4. The number of thioether (sulfide) groups is 1. The first kappa shape index (κ1) is 19.0. The van der Waals surface area contributed by atoms with E-state index in [1.54, 1.807) is 4.68 Å². The first-order valence-electron chi connectivity index (χ1n) is 8.01. The van der Waals surface area contributed by atoms with E-state index in [4.69, 9.17) is 0 Å². The van der Waals surface area contributed by atoms with Gasteiger partial charge >= 0.3 is 6.61 Å². The highest BCUT2D eigenvalue weighted by Crippen LogP contribution is 2.22. The predicted molar refractivity (Wildman–Crippen MR) is 96.8 cm³/mol. The summed E-state index contributed by atoms with van der Waals surface area (Å²) in [5.41, 5.74) is 3.48. The van der Waals surface area contributed by atoms with E-state index >= 15 is 0 Å². The molecule has 140 valence electrons. The molecule has 0 bridgehead atoms. The molecule has 0 amide bonds. The summed E-state index contributed by atoms with van der Waals surface area (Å²) in [4.78, 5) is 12.3. The quantitative estimate of drug-likeness (QED) is 0.451. The SMILES string of the molecule is Cc1ccc(-n2nnnc2SCC(=O)c2ccc(OC(F)F)cc2)cc1C. The molecule has 2 aromatic carbocycles. The van der Waals surface area contributed by atoms with Crippen LogP contribution in [0.4, 0.5) is 8.78 Å². The van der Waals surface area contributed by atoms with E-state index in [2.05, 4.69) is 20.3 Å². The average molecular weight is 390 g/mol. The number of carbonyl (C=O) groups excluding carboxylic acids is 1. The van der Waals surface area contributed by atoms with E-state index in [1.807, 2.05) is 32.0 Å². The number of hydrogen-bond acceptors (Lipinski definition) is 6. The van der Waals surface area contributed by atoms with Gasteiger partial charge in [-0.1, -0.05) is 17.8 Å². The molecule has 0 atom stereocenters. The van der Waals surface area contributed by atoms with Crippen LogP contribution < -0.4 is 4.74 Å². The first-order chi connectivity index (χ1) is 12.9. The van der Waals surface area contributed by atoms with Gasteiger partial charge in [0, 0.05) is 5.56 Å². The molecule has 0 aliphatic heterocycles. The molecule has 0 N–H and O–H groups in total. The molecule has 0 saturated carbocycles. The standard InChI is InChI=1S/C18H16F2N4O2S/c1-11-3-6-14(9-12(11)2)24-18(21-22-23-24)27-10-16(25)13-4-7-15(8-5-13)26-17(19)20/h3-9,17H,10H2,1-2H3. The molecule has 0 fully saturated rings. The van der Waals surface area contributed by atoms with Crippen LogP contribution in [0, 0.1) is 13.8 Å². The largest absolute Gasteiger partial charge is 0.435 e. The fourth-order valence-corrected chi connectivity index (χ4v) is 3.11. The van der Waals surface area contributed by atoms with Gasteiger partial charge < -0.3 is 4.74 Å². The summed E-state index contributed by atoms with van der Waals surface area (Å²) in [7, 11) is 0. The summed E-state index contributed by atoms with van der Waals surface area (Å²) in [5, 5.41) is 12.1. The summed E-state index contributed by atoms with van der Waals surface area (Å²) in [5.74, 6) is -0.0496. The highest BCUT2D eigenvalue weighted by molar-refractivity contribution is 7.99. The van der Waals surface area contributed by atoms with E-state index in [0.29, 0.717) is 10.7 Å². The molecule has 27 heavy (non-hydrogen) atoms. The smallest absolute Gasteiger partial charge is 0.387 e. The minimum Gasteiger partial charge on any atom is -0.435 e. The molecule has 0 aliphatic rings. The van der Waals surface area contributed by atoms with Crippen molar-refractivity contribution in [3.63, 3.8) is 0 Å². The fourth-order valence-electron chi connectivity index (χ4n) is 2.32. The Morgan fingerprint density at radius 2 is 1.89 bits per heavy atom. The molecule has 6 nitrogen and oxygen atoms in total. The van der Waals surface area contributed by atoms with Crippen molar-refractivity contribution in [3.8, 4) is 11.4 Å². The van der Waals surface area contributed by atoms with Gasteiger partial charge in [-0.05, 0) is 71.8 Å². The van der Waals surface area contributed by atoms with Crippen LogP contribution in [0.15, 0.2) is 47.6 Å². The van der Waals surface area contributed by atoms with E-state index in [1.165, 1.54) is 36.0 Å². The van der Waals surface area contributed by atoms with Gasteiger partial charge in [0.25, 0.3) is 0 Å². The number of tetrazole rings is 1. The Kier molecular flexibility index (Phi) is 5.80. The van der Waals surface area contributed by atoms with Gasteiger partial charge in [0.15, 0.2) is 5.78 Å². The second-order valence-corrected chi connectivity index (χ2v) is 6.70. The number of Topliss-reactive ketones (excluding diaryl/α,β-unsaturated/α-hetero) is 1. The van der Waals surface area contributed by atoms with E-state index in [0.717, 1.165) is 16.8 Å². The number of rotatable bonds is 7. The minimum atomic E-state index is -2.90. The van der Waals surface area contributed by atoms with Crippen molar-refractivity contribution in [1.29, 1.82) is 0 Å². The third-order valence-corrected chi connectivity index (χ3v) is 4.83. The maximum Gasteiger partial charge on any atom is 0.387 e. The highest BCUT2D eigenvalue weighted by atomic mass is 32.2. The Balaban J connectivity index is 1.68. The Morgan fingerprint density at radius 3 is 2.56 bits per heavy atom.